The summed E-state index contributed by atoms with van der Waals surface area (Å²) in [4.78, 5) is 13.7. The van der Waals surface area contributed by atoms with E-state index in [0.717, 1.165) is 31.5 Å². The van der Waals surface area contributed by atoms with Crippen LogP contribution >= 0.6 is 24.0 Å². The van der Waals surface area contributed by atoms with Gasteiger partial charge in [-0.1, -0.05) is 11.6 Å². The minimum Gasteiger partial charge on any atom is -0.493 e. The summed E-state index contributed by atoms with van der Waals surface area (Å²) in [7, 11) is 1.53. The van der Waals surface area contributed by atoms with Crippen LogP contribution in [0.15, 0.2) is 12.1 Å². The van der Waals surface area contributed by atoms with Crippen LogP contribution in [0.2, 0.25) is 5.02 Å². The molecule has 2 rings (SSSR count). The number of nitrogens with two attached hydrogens (primary N) is 1. The molecule has 0 aromatic heterocycles. The number of carbonyl (C=O) groups is 1. The number of nitrogens with zero attached hydrogens (tertiary/aromatic N) is 1. The number of rotatable bonds is 5. The number of benzene rings is 1. The fourth-order valence-corrected chi connectivity index (χ4v) is 2.51. The van der Waals surface area contributed by atoms with Crippen molar-refractivity contribution in [3.63, 3.8) is 0 Å². The molecule has 0 bridgehead atoms. The van der Waals surface area contributed by atoms with Gasteiger partial charge in [0.1, 0.15) is 0 Å². The second kappa shape index (κ2) is 8.32. The third-order valence-corrected chi connectivity index (χ3v) is 3.60. The molecule has 0 atom stereocenters. The summed E-state index contributed by atoms with van der Waals surface area (Å²) >= 11 is 6.15. The number of carbonyl (C=O) groups excluding carboxylic acids is 1. The van der Waals surface area contributed by atoms with Gasteiger partial charge in [0, 0.05) is 19.6 Å². The van der Waals surface area contributed by atoms with Crippen LogP contribution in [0.1, 0.15) is 18.4 Å². The highest BCUT2D eigenvalue weighted by atomic mass is 35.5. The number of hydrogen-bond donors (Lipinski definition) is 1. The van der Waals surface area contributed by atoms with E-state index < -0.39 is 0 Å². The summed E-state index contributed by atoms with van der Waals surface area (Å²) in [5, 5.41) is 0.402. The molecule has 2 N–H and O–H groups in total. The molecule has 118 valence electrons. The normalized spacial score (nSPS) is 13.8. The topological polar surface area (TPSA) is 64.8 Å². The van der Waals surface area contributed by atoms with E-state index in [1.807, 2.05) is 0 Å². The first-order valence-corrected chi connectivity index (χ1v) is 7.00. The molecule has 0 aliphatic carbocycles. The molecule has 0 saturated carbocycles. The van der Waals surface area contributed by atoms with Crippen molar-refractivity contribution in [3.05, 3.63) is 22.7 Å². The highest BCUT2D eigenvalue weighted by Gasteiger charge is 2.20. The molecule has 1 saturated heterocycles. The van der Waals surface area contributed by atoms with E-state index in [1.165, 1.54) is 7.11 Å². The zero-order valence-corrected chi connectivity index (χ0v) is 13.5. The molecule has 0 radical (unpaired) electrons. The Morgan fingerprint density at radius 2 is 2.05 bits per heavy atom. The van der Waals surface area contributed by atoms with Crippen molar-refractivity contribution in [2.75, 3.05) is 26.8 Å². The predicted octanol–water partition coefficient (Wildman–Crippen LogP) is 2.23. The van der Waals surface area contributed by atoms with Gasteiger partial charge in [0.05, 0.1) is 12.1 Å². The van der Waals surface area contributed by atoms with Crippen LogP contribution in [0.25, 0.3) is 0 Å². The standard InChI is InChI=1S/C14H19ClN2O3.ClH/c1-19-12-7-10(8-16)6-11(15)14(12)20-9-13(18)17-4-2-3-5-17;/h6-7H,2-5,8-9,16H2,1H3;1H. The van der Waals surface area contributed by atoms with Crippen LogP contribution in [-0.2, 0) is 11.3 Å². The van der Waals surface area contributed by atoms with Gasteiger partial charge in [-0.2, -0.15) is 0 Å². The second-order valence-electron chi connectivity index (χ2n) is 4.69. The highest BCUT2D eigenvalue weighted by Crippen LogP contribution is 2.36. The lowest BCUT2D eigenvalue weighted by Crippen LogP contribution is -2.32. The highest BCUT2D eigenvalue weighted by molar-refractivity contribution is 6.32. The first kappa shape index (κ1) is 17.9. The molecule has 7 heteroatoms. The van der Waals surface area contributed by atoms with Gasteiger partial charge in [-0.05, 0) is 30.5 Å². The van der Waals surface area contributed by atoms with Gasteiger partial charge < -0.3 is 20.1 Å². The Morgan fingerprint density at radius 3 is 2.62 bits per heavy atom. The summed E-state index contributed by atoms with van der Waals surface area (Å²) in [6.07, 6.45) is 2.11. The number of amides is 1. The fourth-order valence-electron chi connectivity index (χ4n) is 2.22. The molecule has 21 heavy (non-hydrogen) atoms. The van der Waals surface area contributed by atoms with E-state index in [4.69, 9.17) is 26.8 Å². The van der Waals surface area contributed by atoms with Crippen molar-refractivity contribution in [1.82, 2.24) is 4.90 Å². The lowest BCUT2D eigenvalue weighted by Gasteiger charge is -2.17. The van der Waals surface area contributed by atoms with E-state index in [1.54, 1.807) is 17.0 Å². The minimum atomic E-state index is -0.0297. The summed E-state index contributed by atoms with van der Waals surface area (Å²) < 4.78 is 10.8. The zero-order chi connectivity index (χ0) is 14.5. The molecule has 1 aliphatic rings. The molecule has 0 spiro atoms. The molecular formula is C14H20Cl2N2O3. The van der Waals surface area contributed by atoms with Crippen molar-refractivity contribution in [2.45, 2.75) is 19.4 Å². The Morgan fingerprint density at radius 1 is 1.38 bits per heavy atom. The quantitative estimate of drug-likeness (QED) is 0.896. The average molecular weight is 335 g/mol. The number of methoxy groups -OCH3 is 1. The number of ether oxygens (including phenoxy) is 2. The van der Waals surface area contributed by atoms with Crippen molar-refractivity contribution in [1.29, 1.82) is 0 Å². The molecule has 1 amide bonds. The van der Waals surface area contributed by atoms with Crippen LogP contribution in [0.4, 0.5) is 0 Å². The first-order valence-electron chi connectivity index (χ1n) is 6.62. The maximum Gasteiger partial charge on any atom is 0.260 e. The lowest BCUT2D eigenvalue weighted by atomic mass is 10.2. The van der Waals surface area contributed by atoms with Crippen LogP contribution in [0.3, 0.4) is 0 Å². The Labute approximate surface area is 135 Å². The molecule has 5 nitrogen and oxygen atoms in total. The van der Waals surface area contributed by atoms with Gasteiger partial charge >= 0.3 is 0 Å². The Bertz CT molecular complexity index is 491. The molecule has 1 fully saturated rings. The van der Waals surface area contributed by atoms with Crippen molar-refractivity contribution >= 4 is 29.9 Å². The molecule has 1 aromatic carbocycles. The molecular weight excluding hydrogens is 315 g/mol. The Hall–Kier alpha value is -1.17. The van der Waals surface area contributed by atoms with Gasteiger partial charge in [0.15, 0.2) is 18.1 Å². The van der Waals surface area contributed by atoms with Crippen LogP contribution in [0, 0.1) is 0 Å². The summed E-state index contributed by atoms with van der Waals surface area (Å²) in [6.45, 7) is 1.94. The predicted molar refractivity (Wildman–Crippen MR) is 84.5 cm³/mol. The zero-order valence-electron chi connectivity index (χ0n) is 11.9. The number of hydrogen-bond acceptors (Lipinski definition) is 4. The van der Waals surface area contributed by atoms with Gasteiger partial charge in [-0.25, -0.2) is 0 Å². The van der Waals surface area contributed by atoms with Crippen molar-refractivity contribution < 1.29 is 14.3 Å². The van der Waals surface area contributed by atoms with Crippen LogP contribution in [0.5, 0.6) is 11.5 Å². The lowest BCUT2D eigenvalue weighted by molar-refractivity contribution is -0.132. The van der Waals surface area contributed by atoms with Crippen LogP contribution < -0.4 is 15.2 Å². The van der Waals surface area contributed by atoms with Gasteiger partial charge in [-0.15, -0.1) is 12.4 Å². The third-order valence-electron chi connectivity index (χ3n) is 3.32. The Kier molecular flexibility index (Phi) is 7.08. The Balaban J connectivity index is 0.00000220. The number of halogens is 2. The summed E-state index contributed by atoms with van der Waals surface area (Å²) in [6, 6.07) is 3.49. The first-order chi connectivity index (χ1) is 9.65. The molecule has 0 unspecified atom stereocenters. The van der Waals surface area contributed by atoms with E-state index in [-0.39, 0.29) is 24.9 Å². The third kappa shape index (κ3) is 4.40. The number of likely N-dealkylation sites (tertiary alicyclic amines) is 1. The molecule has 1 heterocycles. The SMILES string of the molecule is COc1cc(CN)cc(Cl)c1OCC(=O)N1CCCC1.Cl. The van der Waals surface area contributed by atoms with Crippen LogP contribution in [-0.4, -0.2) is 37.6 Å². The summed E-state index contributed by atoms with van der Waals surface area (Å²) in [5.41, 5.74) is 6.43. The monoisotopic (exact) mass is 334 g/mol. The molecule has 1 aromatic rings. The summed E-state index contributed by atoms with van der Waals surface area (Å²) in [5.74, 6) is 0.856. The average Bonchev–Trinajstić information content (AvgIpc) is 2.99. The fraction of sp³-hybridized carbons (Fsp3) is 0.500. The van der Waals surface area contributed by atoms with Gasteiger partial charge in [0.25, 0.3) is 5.91 Å². The van der Waals surface area contributed by atoms with E-state index >= 15 is 0 Å². The second-order valence-corrected chi connectivity index (χ2v) is 5.10. The van der Waals surface area contributed by atoms with Crippen molar-refractivity contribution in [2.24, 2.45) is 5.73 Å². The van der Waals surface area contributed by atoms with E-state index in [0.29, 0.717) is 23.1 Å². The maximum absolute atomic E-state index is 11.9. The largest absolute Gasteiger partial charge is 0.493 e. The maximum atomic E-state index is 11.9. The van der Waals surface area contributed by atoms with Gasteiger partial charge in [-0.3, -0.25) is 4.79 Å². The van der Waals surface area contributed by atoms with Crippen molar-refractivity contribution in [3.8, 4) is 11.5 Å². The van der Waals surface area contributed by atoms with Gasteiger partial charge in [0.2, 0.25) is 0 Å². The smallest absolute Gasteiger partial charge is 0.260 e. The van der Waals surface area contributed by atoms with E-state index in [9.17, 15) is 4.79 Å². The minimum absolute atomic E-state index is 0. The molecule has 1 aliphatic heterocycles. The van der Waals surface area contributed by atoms with E-state index in [2.05, 4.69) is 0 Å².